The molecule has 0 bridgehead atoms. The van der Waals surface area contributed by atoms with Crippen LogP contribution >= 0.6 is 12.2 Å². The summed E-state index contributed by atoms with van der Waals surface area (Å²) in [5, 5.41) is 0. The molecule has 106 valence electrons. The SMILES string of the molecule is CCCCCOCCOc1ccc(CC(N)=S)cc1. The zero-order valence-corrected chi connectivity index (χ0v) is 12.4. The van der Waals surface area contributed by atoms with Crippen LogP contribution in [0.15, 0.2) is 24.3 Å². The molecule has 0 atom stereocenters. The van der Waals surface area contributed by atoms with E-state index in [1.54, 1.807) is 0 Å². The average Bonchev–Trinajstić information content (AvgIpc) is 2.39. The van der Waals surface area contributed by atoms with Gasteiger partial charge in [-0.1, -0.05) is 44.1 Å². The standard InChI is InChI=1S/C15H23NO2S/c1-2-3-4-9-17-10-11-18-14-7-5-13(6-8-14)12-15(16)19/h5-8H,2-4,9-12H2,1H3,(H2,16,19). The topological polar surface area (TPSA) is 44.5 Å². The van der Waals surface area contributed by atoms with E-state index in [1.807, 2.05) is 24.3 Å². The van der Waals surface area contributed by atoms with E-state index in [4.69, 9.17) is 27.4 Å². The third-order valence-corrected chi connectivity index (χ3v) is 2.83. The Kier molecular flexibility index (Phi) is 8.18. The Bertz CT molecular complexity index is 365. The minimum atomic E-state index is 0.508. The molecule has 0 unspecified atom stereocenters. The molecule has 0 saturated heterocycles. The van der Waals surface area contributed by atoms with Gasteiger partial charge in [0.05, 0.1) is 11.6 Å². The van der Waals surface area contributed by atoms with Crippen LogP contribution < -0.4 is 10.5 Å². The van der Waals surface area contributed by atoms with Gasteiger partial charge in [-0.2, -0.15) is 0 Å². The molecule has 4 heteroatoms. The van der Waals surface area contributed by atoms with Gasteiger partial charge in [-0.3, -0.25) is 0 Å². The Labute approximate surface area is 121 Å². The predicted octanol–water partition coefficient (Wildman–Crippen LogP) is 3.10. The van der Waals surface area contributed by atoms with E-state index in [2.05, 4.69) is 6.92 Å². The fraction of sp³-hybridized carbons (Fsp3) is 0.533. The van der Waals surface area contributed by atoms with Crippen molar-refractivity contribution in [3.8, 4) is 5.75 Å². The largest absolute Gasteiger partial charge is 0.491 e. The highest BCUT2D eigenvalue weighted by atomic mass is 32.1. The second-order valence-electron chi connectivity index (χ2n) is 4.45. The van der Waals surface area contributed by atoms with Crippen molar-refractivity contribution in [1.82, 2.24) is 0 Å². The van der Waals surface area contributed by atoms with Crippen LogP contribution in [0.5, 0.6) is 5.75 Å². The lowest BCUT2D eigenvalue weighted by atomic mass is 10.1. The second kappa shape index (κ2) is 9.75. The predicted molar refractivity (Wildman–Crippen MR) is 82.8 cm³/mol. The molecule has 2 N–H and O–H groups in total. The van der Waals surface area contributed by atoms with Crippen LogP contribution in [0.25, 0.3) is 0 Å². The number of ether oxygens (including phenoxy) is 2. The maximum absolute atomic E-state index is 5.58. The lowest BCUT2D eigenvalue weighted by Crippen LogP contribution is -2.11. The van der Waals surface area contributed by atoms with Crippen LogP contribution in [0.4, 0.5) is 0 Å². The number of hydrogen-bond acceptors (Lipinski definition) is 3. The van der Waals surface area contributed by atoms with Crippen molar-refractivity contribution in [3.05, 3.63) is 29.8 Å². The van der Waals surface area contributed by atoms with Gasteiger partial charge in [-0.15, -0.1) is 0 Å². The van der Waals surface area contributed by atoms with Gasteiger partial charge in [0.1, 0.15) is 12.4 Å². The van der Waals surface area contributed by atoms with Crippen molar-refractivity contribution < 1.29 is 9.47 Å². The lowest BCUT2D eigenvalue weighted by Gasteiger charge is -2.08. The molecular formula is C15H23NO2S. The maximum atomic E-state index is 5.58. The number of nitrogens with two attached hydrogens (primary N) is 1. The van der Waals surface area contributed by atoms with E-state index in [0.29, 0.717) is 24.6 Å². The normalized spacial score (nSPS) is 10.4. The van der Waals surface area contributed by atoms with Gasteiger partial charge in [0.2, 0.25) is 0 Å². The molecule has 1 aromatic carbocycles. The van der Waals surface area contributed by atoms with Gasteiger partial charge >= 0.3 is 0 Å². The molecule has 0 saturated carbocycles. The summed E-state index contributed by atoms with van der Waals surface area (Å²) in [6.07, 6.45) is 4.21. The number of benzene rings is 1. The molecule has 0 aliphatic carbocycles. The molecule has 0 aromatic heterocycles. The highest BCUT2D eigenvalue weighted by Crippen LogP contribution is 2.12. The van der Waals surface area contributed by atoms with Gasteiger partial charge in [-0.25, -0.2) is 0 Å². The van der Waals surface area contributed by atoms with Crippen molar-refractivity contribution in [2.45, 2.75) is 32.6 Å². The summed E-state index contributed by atoms with van der Waals surface area (Å²) in [5.74, 6) is 0.851. The van der Waals surface area contributed by atoms with E-state index < -0.39 is 0 Å². The third kappa shape index (κ3) is 7.80. The smallest absolute Gasteiger partial charge is 0.119 e. The maximum Gasteiger partial charge on any atom is 0.119 e. The number of hydrogen-bond donors (Lipinski definition) is 1. The van der Waals surface area contributed by atoms with Gasteiger partial charge in [0.15, 0.2) is 0 Å². The van der Waals surface area contributed by atoms with Crippen LogP contribution in [0, 0.1) is 0 Å². The van der Waals surface area contributed by atoms with Gasteiger partial charge in [0, 0.05) is 13.0 Å². The first-order chi connectivity index (χ1) is 9.22. The van der Waals surface area contributed by atoms with Crippen molar-refractivity contribution in [2.24, 2.45) is 5.73 Å². The summed E-state index contributed by atoms with van der Waals surface area (Å²) < 4.78 is 11.1. The lowest BCUT2D eigenvalue weighted by molar-refractivity contribution is 0.0973. The quantitative estimate of drug-likeness (QED) is 0.529. The summed E-state index contributed by atoms with van der Waals surface area (Å²) in [6, 6.07) is 7.84. The zero-order valence-electron chi connectivity index (χ0n) is 11.6. The van der Waals surface area contributed by atoms with E-state index in [1.165, 1.54) is 12.8 Å². The number of thiocarbonyl (C=S) groups is 1. The zero-order chi connectivity index (χ0) is 13.9. The van der Waals surface area contributed by atoms with Gasteiger partial charge in [-0.05, 0) is 24.1 Å². The molecule has 0 spiro atoms. The molecule has 1 aromatic rings. The van der Waals surface area contributed by atoms with E-state index in [-0.39, 0.29) is 0 Å². The Morgan fingerprint density at radius 3 is 2.47 bits per heavy atom. The molecule has 3 nitrogen and oxygen atoms in total. The highest BCUT2D eigenvalue weighted by Gasteiger charge is 1.97. The molecule has 0 amide bonds. The Balaban J connectivity index is 2.14. The summed E-state index contributed by atoms with van der Waals surface area (Å²) in [7, 11) is 0. The van der Waals surface area contributed by atoms with E-state index in [0.717, 1.165) is 24.3 Å². The van der Waals surface area contributed by atoms with Crippen molar-refractivity contribution in [3.63, 3.8) is 0 Å². The van der Waals surface area contributed by atoms with Crippen LogP contribution in [-0.2, 0) is 11.2 Å². The first-order valence-corrected chi connectivity index (χ1v) is 7.21. The molecule has 0 fully saturated rings. The van der Waals surface area contributed by atoms with Crippen LogP contribution in [-0.4, -0.2) is 24.8 Å². The number of rotatable bonds is 10. The monoisotopic (exact) mass is 281 g/mol. The van der Waals surface area contributed by atoms with Crippen molar-refractivity contribution in [2.75, 3.05) is 19.8 Å². The first-order valence-electron chi connectivity index (χ1n) is 6.80. The van der Waals surface area contributed by atoms with Gasteiger partial charge in [0.25, 0.3) is 0 Å². The van der Waals surface area contributed by atoms with Crippen LogP contribution in [0.1, 0.15) is 31.7 Å². The second-order valence-corrected chi connectivity index (χ2v) is 4.98. The molecule has 0 aliphatic heterocycles. The molecule has 1 rings (SSSR count). The molecule has 19 heavy (non-hydrogen) atoms. The number of unbranched alkanes of at least 4 members (excludes halogenated alkanes) is 2. The van der Waals surface area contributed by atoms with E-state index in [9.17, 15) is 0 Å². The average molecular weight is 281 g/mol. The summed E-state index contributed by atoms with van der Waals surface area (Å²) in [6.45, 7) is 4.23. The fourth-order valence-corrected chi connectivity index (χ4v) is 1.85. The minimum absolute atomic E-state index is 0.508. The Morgan fingerprint density at radius 1 is 1.11 bits per heavy atom. The highest BCUT2D eigenvalue weighted by molar-refractivity contribution is 7.80. The summed E-state index contributed by atoms with van der Waals surface area (Å²) in [5.41, 5.74) is 6.60. The van der Waals surface area contributed by atoms with Crippen LogP contribution in [0.2, 0.25) is 0 Å². The van der Waals surface area contributed by atoms with Crippen molar-refractivity contribution >= 4 is 17.2 Å². The first kappa shape index (κ1) is 15.9. The fourth-order valence-electron chi connectivity index (χ4n) is 1.68. The summed E-state index contributed by atoms with van der Waals surface area (Å²) in [4.78, 5) is 0.508. The molecule has 0 aliphatic rings. The van der Waals surface area contributed by atoms with Crippen LogP contribution in [0.3, 0.4) is 0 Å². The minimum Gasteiger partial charge on any atom is -0.491 e. The van der Waals surface area contributed by atoms with Crippen molar-refractivity contribution in [1.29, 1.82) is 0 Å². The third-order valence-electron chi connectivity index (χ3n) is 2.69. The summed E-state index contributed by atoms with van der Waals surface area (Å²) >= 11 is 4.87. The van der Waals surface area contributed by atoms with Gasteiger partial charge < -0.3 is 15.2 Å². The molecular weight excluding hydrogens is 258 g/mol. The van der Waals surface area contributed by atoms with E-state index >= 15 is 0 Å². The Hall–Kier alpha value is -1.13. The Morgan fingerprint density at radius 2 is 1.84 bits per heavy atom. The molecule has 0 radical (unpaired) electrons. The molecule has 0 heterocycles.